The van der Waals surface area contributed by atoms with E-state index in [4.69, 9.17) is 4.74 Å². The van der Waals surface area contributed by atoms with Crippen LogP contribution in [0.3, 0.4) is 0 Å². The van der Waals surface area contributed by atoms with Crippen molar-refractivity contribution >= 4 is 21.9 Å². The first-order chi connectivity index (χ1) is 7.69. The molecule has 0 aliphatic rings. The quantitative estimate of drug-likeness (QED) is 0.606. The molecular weight excluding hydrogens is 268 g/mol. The van der Waals surface area contributed by atoms with Crippen LogP contribution in [0.5, 0.6) is 0 Å². The third-order valence-electron chi connectivity index (χ3n) is 2.41. The monoisotopic (exact) mass is 284 g/mol. The highest BCUT2D eigenvalue weighted by molar-refractivity contribution is 9.10. The Labute approximate surface area is 105 Å². The van der Waals surface area contributed by atoms with Crippen molar-refractivity contribution in [3.05, 3.63) is 35.9 Å². The van der Waals surface area contributed by atoms with Crippen LogP contribution in [0, 0.1) is 0 Å². The Hall–Kier alpha value is -0.830. The zero-order chi connectivity index (χ0) is 12.0. The summed E-state index contributed by atoms with van der Waals surface area (Å²) in [6, 6.07) is 9.83. The summed E-state index contributed by atoms with van der Waals surface area (Å²) in [6.45, 7) is 3.96. The number of halogens is 1. The molecule has 0 N–H and O–H groups in total. The van der Waals surface area contributed by atoms with E-state index in [0.717, 1.165) is 18.4 Å². The summed E-state index contributed by atoms with van der Waals surface area (Å²) in [5.74, 6) is -0.182. The first-order valence-electron chi connectivity index (χ1n) is 5.58. The molecule has 0 aromatic heterocycles. The summed E-state index contributed by atoms with van der Waals surface area (Å²) in [7, 11) is 0. The number of rotatable bonds is 5. The van der Waals surface area contributed by atoms with Gasteiger partial charge in [-0.1, -0.05) is 60.1 Å². The molecule has 3 heteroatoms. The van der Waals surface area contributed by atoms with Gasteiger partial charge in [0.05, 0.1) is 0 Å². The molecule has 0 saturated carbocycles. The number of benzene rings is 1. The minimum absolute atomic E-state index is 0.139. The van der Waals surface area contributed by atoms with Crippen LogP contribution in [-0.4, -0.2) is 10.8 Å². The zero-order valence-corrected chi connectivity index (χ0v) is 11.2. The predicted octanol–water partition coefficient (Wildman–Crippen LogP) is 3.85. The predicted molar refractivity (Wildman–Crippen MR) is 68.6 cm³/mol. The van der Waals surface area contributed by atoms with E-state index in [1.807, 2.05) is 44.2 Å². The normalized spacial score (nSPS) is 14.2. The molecule has 1 aromatic carbocycles. The lowest BCUT2D eigenvalue weighted by atomic mass is 10.1. The molecule has 0 saturated heterocycles. The minimum Gasteiger partial charge on any atom is -0.457 e. The van der Waals surface area contributed by atoms with Crippen LogP contribution in [0.4, 0.5) is 0 Å². The number of esters is 1. The highest BCUT2D eigenvalue weighted by Crippen LogP contribution is 2.22. The van der Waals surface area contributed by atoms with Crippen LogP contribution >= 0.6 is 15.9 Å². The van der Waals surface area contributed by atoms with Crippen molar-refractivity contribution in [3.8, 4) is 0 Å². The Morgan fingerprint density at radius 1 is 1.25 bits per heavy atom. The van der Waals surface area contributed by atoms with E-state index >= 15 is 0 Å². The molecule has 0 heterocycles. The van der Waals surface area contributed by atoms with Crippen molar-refractivity contribution in [2.75, 3.05) is 0 Å². The van der Waals surface area contributed by atoms with Crippen LogP contribution < -0.4 is 0 Å². The van der Waals surface area contributed by atoms with Gasteiger partial charge >= 0.3 is 5.97 Å². The van der Waals surface area contributed by atoms with E-state index in [-0.39, 0.29) is 16.9 Å². The molecule has 2 unspecified atom stereocenters. The minimum atomic E-state index is -0.203. The molecule has 16 heavy (non-hydrogen) atoms. The fourth-order valence-corrected chi connectivity index (χ4v) is 1.54. The van der Waals surface area contributed by atoms with Gasteiger partial charge in [-0.05, 0) is 18.4 Å². The van der Waals surface area contributed by atoms with Gasteiger partial charge in [0.1, 0.15) is 10.9 Å². The molecule has 0 amide bonds. The Morgan fingerprint density at radius 2 is 1.88 bits per heavy atom. The molecule has 0 bridgehead atoms. The van der Waals surface area contributed by atoms with Crippen molar-refractivity contribution in [2.24, 2.45) is 0 Å². The van der Waals surface area contributed by atoms with Gasteiger partial charge in [0.15, 0.2) is 0 Å². The molecule has 0 fully saturated rings. The molecule has 0 aliphatic carbocycles. The Kier molecular flexibility index (Phi) is 5.53. The molecule has 0 radical (unpaired) electrons. The summed E-state index contributed by atoms with van der Waals surface area (Å²) in [5, 5.41) is 0. The van der Waals surface area contributed by atoms with E-state index < -0.39 is 0 Å². The van der Waals surface area contributed by atoms with Crippen LogP contribution in [0.1, 0.15) is 38.4 Å². The number of hydrogen-bond acceptors (Lipinski definition) is 2. The fraction of sp³-hybridized carbons (Fsp3) is 0.462. The second-order valence-corrected chi connectivity index (χ2v) is 4.73. The smallest absolute Gasteiger partial charge is 0.320 e. The lowest BCUT2D eigenvalue weighted by Crippen LogP contribution is -2.19. The molecule has 2 atom stereocenters. The van der Waals surface area contributed by atoms with Gasteiger partial charge in [-0.25, -0.2) is 0 Å². The van der Waals surface area contributed by atoms with Crippen LogP contribution in [-0.2, 0) is 9.53 Å². The summed E-state index contributed by atoms with van der Waals surface area (Å²) in [6.07, 6.45) is 1.39. The van der Waals surface area contributed by atoms with Gasteiger partial charge in [0.25, 0.3) is 0 Å². The van der Waals surface area contributed by atoms with Gasteiger partial charge in [0.2, 0.25) is 0 Å². The van der Waals surface area contributed by atoms with Gasteiger partial charge < -0.3 is 4.74 Å². The number of alkyl halides is 1. The van der Waals surface area contributed by atoms with E-state index in [1.54, 1.807) is 0 Å². The lowest BCUT2D eigenvalue weighted by molar-refractivity contribution is -0.148. The second-order valence-electron chi connectivity index (χ2n) is 3.62. The molecule has 0 aliphatic heterocycles. The highest BCUT2D eigenvalue weighted by atomic mass is 79.9. The largest absolute Gasteiger partial charge is 0.457 e. The van der Waals surface area contributed by atoms with E-state index in [2.05, 4.69) is 15.9 Å². The van der Waals surface area contributed by atoms with Crippen molar-refractivity contribution in [3.63, 3.8) is 0 Å². The number of hydrogen-bond donors (Lipinski definition) is 0. The highest BCUT2D eigenvalue weighted by Gasteiger charge is 2.19. The van der Waals surface area contributed by atoms with E-state index in [1.165, 1.54) is 0 Å². The zero-order valence-electron chi connectivity index (χ0n) is 9.65. The van der Waals surface area contributed by atoms with E-state index in [0.29, 0.717) is 0 Å². The topological polar surface area (TPSA) is 26.3 Å². The maximum absolute atomic E-state index is 11.6. The Morgan fingerprint density at radius 3 is 2.38 bits per heavy atom. The number of carbonyl (C=O) groups is 1. The molecule has 88 valence electrons. The van der Waals surface area contributed by atoms with E-state index in [9.17, 15) is 4.79 Å². The van der Waals surface area contributed by atoms with Crippen LogP contribution in [0.15, 0.2) is 30.3 Å². The summed E-state index contributed by atoms with van der Waals surface area (Å²) in [4.78, 5) is 11.4. The first kappa shape index (κ1) is 13.2. The molecular formula is C13H17BrO2. The molecule has 0 spiro atoms. The van der Waals surface area contributed by atoms with Gasteiger partial charge in [-0.3, -0.25) is 4.79 Å². The standard InChI is InChI=1S/C13H17BrO2/c1-3-11(14)13(15)16-12(4-2)10-8-6-5-7-9-10/h5-9,11-12H,3-4H2,1-2H3. The second kappa shape index (κ2) is 6.69. The average molecular weight is 285 g/mol. The summed E-state index contributed by atoms with van der Waals surface area (Å²) in [5.41, 5.74) is 1.05. The molecule has 2 nitrogen and oxygen atoms in total. The fourth-order valence-electron chi connectivity index (χ4n) is 1.44. The van der Waals surface area contributed by atoms with Crippen LogP contribution in [0.25, 0.3) is 0 Å². The van der Waals surface area contributed by atoms with Gasteiger partial charge in [-0.2, -0.15) is 0 Å². The summed E-state index contributed by atoms with van der Waals surface area (Å²) >= 11 is 3.30. The molecule has 1 rings (SSSR count). The maximum atomic E-state index is 11.6. The van der Waals surface area contributed by atoms with Gasteiger partial charge in [-0.15, -0.1) is 0 Å². The van der Waals surface area contributed by atoms with Crippen molar-refractivity contribution < 1.29 is 9.53 Å². The Balaban J connectivity index is 2.66. The molecule has 1 aromatic rings. The summed E-state index contributed by atoms with van der Waals surface area (Å²) < 4.78 is 5.45. The third-order valence-corrected chi connectivity index (χ3v) is 3.44. The van der Waals surface area contributed by atoms with Crippen molar-refractivity contribution in [2.45, 2.75) is 37.6 Å². The van der Waals surface area contributed by atoms with Crippen LogP contribution in [0.2, 0.25) is 0 Å². The lowest BCUT2D eigenvalue weighted by Gasteiger charge is -2.18. The van der Waals surface area contributed by atoms with Gasteiger partial charge in [0, 0.05) is 0 Å². The number of carbonyl (C=O) groups excluding carboxylic acids is 1. The first-order valence-corrected chi connectivity index (χ1v) is 6.50. The SMILES string of the molecule is CCC(Br)C(=O)OC(CC)c1ccccc1. The average Bonchev–Trinajstić information content (AvgIpc) is 2.35. The number of ether oxygens (including phenoxy) is 1. The Bertz CT molecular complexity index is 324. The van der Waals surface area contributed by atoms with Crippen molar-refractivity contribution in [1.29, 1.82) is 0 Å². The maximum Gasteiger partial charge on any atom is 0.320 e. The van der Waals surface area contributed by atoms with Crippen molar-refractivity contribution in [1.82, 2.24) is 0 Å². The third kappa shape index (κ3) is 3.63.